The smallest absolute Gasteiger partial charge is 0.328 e. The summed E-state index contributed by atoms with van der Waals surface area (Å²) in [5.41, 5.74) is 5.16. The van der Waals surface area contributed by atoms with Gasteiger partial charge in [-0.1, -0.05) is 20.3 Å². The van der Waals surface area contributed by atoms with Gasteiger partial charge in [0.05, 0.1) is 7.11 Å². The van der Waals surface area contributed by atoms with Crippen LogP contribution in [0, 0.1) is 5.92 Å². The maximum Gasteiger partial charge on any atom is 0.328 e. The summed E-state index contributed by atoms with van der Waals surface area (Å²) in [6.07, 6.45) is 3.01. The number of ether oxygens (including phenoxy) is 1. The van der Waals surface area contributed by atoms with Crippen molar-refractivity contribution in [2.45, 2.75) is 51.6 Å². The Bertz CT molecular complexity index is 400. The minimum Gasteiger partial charge on any atom is -0.467 e. The Morgan fingerprint density at radius 3 is 2.57 bits per heavy atom. The Morgan fingerprint density at radius 1 is 1.38 bits per heavy atom. The summed E-state index contributed by atoms with van der Waals surface area (Å²) in [4.78, 5) is 37.2. The van der Waals surface area contributed by atoms with Crippen LogP contribution in [-0.4, -0.2) is 48.5 Å². The van der Waals surface area contributed by atoms with Crippen LogP contribution < -0.4 is 11.1 Å². The fourth-order valence-corrected chi connectivity index (χ4v) is 2.59. The second-order valence-corrected chi connectivity index (χ2v) is 5.44. The minimum absolute atomic E-state index is 0.0646. The summed E-state index contributed by atoms with van der Waals surface area (Å²) in [5.74, 6) is -0.742. The van der Waals surface area contributed by atoms with Crippen LogP contribution in [0.4, 0.5) is 4.79 Å². The van der Waals surface area contributed by atoms with E-state index in [2.05, 4.69) is 5.32 Å². The average Bonchev–Trinajstić information content (AvgIpc) is 2.50. The van der Waals surface area contributed by atoms with Gasteiger partial charge in [0, 0.05) is 6.54 Å². The number of nitrogens with one attached hydrogen (secondary N) is 1. The van der Waals surface area contributed by atoms with Gasteiger partial charge >= 0.3 is 12.0 Å². The monoisotopic (exact) mass is 299 g/mol. The number of hydrogen-bond acceptors (Lipinski definition) is 4. The van der Waals surface area contributed by atoms with E-state index in [1.54, 1.807) is 0 Å². The molecule has 1 aliphatic rings. The van der Waals surface area contributed by atoms with Crippen molar-refractivity contribution in [2.24, 2.45) is 11.7 Å². The molecule has 3 atom stereocenters. The summed E-state index contributed by atoms with van der Waals surface area (Å²) in [6, 6.07) is -2.02. The highest BCUT2D eigenvalue weighted by Crippen LogP contribution is 2.21. The van der Waals surface area contributed by atoms with Gasteiger partial charge in [-0.15, -0.1) is 0 Å². The number of rotatable bonds is 5. The molecule has 1 aliphatic heterocycles. The molecule has 0 aliphatic carbocycles. The van der Waals surface area contributed by atoms with Crippen molar-refractivity contribution in [1.29, 1.82) is 0 Å². The maximum absolute atomic E-state index is 12.7. The Balaban J connectivity index is 2.93. The van der Waals surface area contributed by atoms with Crippen LogP contribution >= 0.6 is 0 Å². The third-order valence-electron chi connectivity index (χ3n) is 4.04. The van der Waals surface area contributed by atoms with Gasteiger partial charge in [-0.3, -0.25) is 4.79 Å². The molecular weight excluding hydrogens is 274 g/mol. The van der Waals surface area contributed by atoms with Crippen molar-refractivity contribution in [2.75, 3.05) is 13.7 Å². The van der Waals surface area contributed by atoms with Gasteiger partial charge in [0.2, 0.25) is 5.91 Å². The molecular formula is C14H25N3O4. The number of nitrogens with two attached hydrogens (primary N) is 1. The van der Waals surface area contributed by atoms with Gasteiger partial charge in [0.15, 0.2) is 0 Å². The average molecular weight is 299 g/mol. The lowest BCUT2D eigenvalue weighted by atomic mass is 9.95. The predicted octanol–water partition coefficient (Wildman–Crippen LogP) is 0.624. The number of esters is 1. The fraction of sp³-hybridized carbons (Fsp3) is 0.786. The summed E-state index contributed by atoms with van der Waals surface area (Å²) in [6.45, 7) is 4.29. The molecule has 120 valence electrons. The van der Waals surface area contributed by atoms with E-state index in [4.69, 9.17) is 10.5 Å². The lowest BCUT2D eigenvalue weighted by Gasteiger charge is -2.37. The van der Waals surface area contributed by atoms with Gasteiger partial charge < -0.3 is 20.7 Å². The molecule has 0 aromatic carbocycles. The lowest BCUT2D eigenvalue weighted by molar-refractivity contribution is -0.155. The predicted molar refractivity (Wildman–Crippen MR) is 77.3 cm³/mol. The van der Waals surface area contributed by atoms with Crippen LogP contribution in [0.5, 0.6) is 0 Å². The van der Waals surface area contributed by atoms with Gasteiger partial charge in [0.25, 0.3) is 0 Å². The molecule has 0 unspecified atom stereocenters. The fourth-order valence-electron chi connectivity index (χ4n) is 2.59. The van der Waals surface area contributed by atoms with E-state index in [-0.39, 0.29) is 11.8 Å². The van der Waals surface area contributed by atoms with Crippen LogP contribution in [0.25, 0.3) is 0 Å². The normalized spacial score (nSPS) is 21.3. The van der Waals surface area contributed by atoms with Crippen LogP contribution in [-0.2, 0) is 14.3 Å². The van der Waals surface area contributed by atoms with E-state index in [0.717, 1.165) is 12.8 Å². The number of piperidine rings is 1. The molecule has 21 heavy (non-hydrogen) atoms. The Labute approximate surface area is 125 Å². The van der Waals surface area contributed by atoms with E-state index in [0.29, 0.717) is 19.4 Å². The van der Waals surface area contributed by atoms with Crippen molar-refractivity contribution in [3.8, 4) is 0 Å². The first kappa shape index (κ1) is 17.3. The van der Waals surface area contributed by atoms with Gasteiger partial charge in [-0.05, 0) is 25.2 Å². The number of carbonyl (C=O) groups is 3. The summed E-state index contributed by atoms with van der Waals surface area (Å²) >= 11 is 0. The second-order valence-electron chi connectivity index (χ2n) is 5.44. The van der Waals surface area contributed by atoms with Crippen LogP contribution in [0.1, 0.15) is 39.5 Å². The minimum atomic E-state index is -0.736. The molecule has 3 amide bonds. The van der Waals surface area contributed by atoms with E-state index in [1.807, 2.05) is 13.8 Å². The highest BCUT2D eigenvalue weighted by atomic mass is 16.5. The van der Waals surface area contributed by atoms with Crippen molar-refractivity contribution < 1.29 is 19.1 Å². The number of urea groups is 1. The number of methoxy groups -OCH3 is 1. The zero-order valence-electron chi connectivity index (χ0n) is 12.9. The van der Waals surface area contributed by atoms with Gasteiger partial charge in [0.1, 0.15) is 12.1 Å². The summed E-state index contributed by atoms with van der Waals surface area (Å²) in [7, 11) is 1.31. The Kier molecular flexibility index (Phi) is 6.45. The van der Waals surface area contributed by atoms with Crippen molar-refractivity contribution >= 4 is 17.9 Å². The third-order valence-corrected chi connectivity index (χ3v) is 4.04. The molecule has 1 fully saturated rings. The van der Waals surface area contributed by atoms with E-state index in [9.17, 15) is 14.4 Å². The molecule has 0 radical (unpaired) electrons. The van der Waals surface area contributed by atoms with Crippen molar-refractivity contribution in [3.05, 3.63) is 0 Å². The first-order chi connectivity index (χ1) is 9.92. The Hall–Kier alpha value is -1.79. The van der Waals surface area contributed by atoms with Crippen LogP contribution in [0.2, 0.25) is 0 Å². The molecule has 0 bridgehead atoms. The quantitative estimate of drug-likeness (QED) is 0.727. The van der Waals surface area contributed by atoms with Gasteiger partial charge in [-0.2, -0.15) is 0 Å². The van der Waals surface area contributed by atoms with Crippen LogP contribution in [0.15, 0.2) is 0 Å². The Morgan fingerprint density at radius 2 is 2.05 bits per heavy atom. The highest BCUT2D eigenvalue weighted by molar-refractivity contribution is 5.90. The zero-order valence-corrected chi connectivity index (χ0v) is 12.9. The van der Waals surface area contributed by atoms with Crippen molar-refractivity contribution in [3.63, 3.8) is 0 Å². The first-order valence-electron chi connectivity index (χ1n) is 7.36. The molecule has 1 rings (SSSR count). The highest BCUT2D eigenvalue weighted by Gasteiger charge is 2.37. The van der Waals surface area contributed by atoms with E-state index >= 15 is 0 Å². The largest absolute Gasteiger partial charge is 0.467 e. The molecule has 1 heterocycles. The summed E-state index contributed by atoms with van der Waals surface area (Å²) in [5, 5.41) is 2.50. The second kappa shape index (κ2) is 7.85. The molecule has 0 aromatic rings. The van der Waals surface area contributed by atoms with E-state index < -0.39 is 24.1 Å². The maximum atomic E-state index is 12.7. The molecule has 7 nitrogen and oxygen atoms in total. The number of hydrogen-bond donors (Lipinski definition) is 2. The topological polar surface area (TPSA) is 102 Å². The number of primary amides is 1. The molecule has 1 saturated heterocycles. The molecule has 7 heteroatoms. The standard InChI is InChI=1S/C14H25N3O4/c1-4-9(2)11(16-14(15)20)12(18)17-8-6-5-7-10(17)13(19)21-3/h9-11H,4-8H2,1-3H3,(H3,15,16,20)/t9-,10+,11+/m0/s1. The molecule has 0 spiro atoms. The number of amides is 3. The first-order valence-corrected chi connectivity index (χ1v) is 7.36. The zero-order chi connectivity index (χ0) is 16.0. The SMILES string of the molecule is CC[C@H](C)[C@@H](NC(N)=O)C(=O)N1CCCC[C@@H]1C(=O)OC. The summed E-state index contributed by atoms with van der Waals surface area (Å²) < 4.78 is 4.77. The van der Waals surface area contributed by atoms with Crippen molar-refractivity contribution in [1.82, 2.24) is 10.2 Å². The lowest BCUT2D eigenvalue weighted by Crippen LogP contribution is -2.58. The number of nitrogens with zero attached hydrogens (tertiary/aromatic N) is 1. The molecule has 0 aromatic heterocycles. The number of likely N-dealkylation sites (tertiary alicyclic amines) is 1. The molecule has 3 N–H and O–H groups in total. The molecule has 0 saturated carbocycles. The van der Waals surface area contributed by atoms with E-state index in [1.165, 1.54) is 12.0 Å². The van der Waals surface area contributed by atoms with Crippen LogP contribution in [0.3, 0.4) is 0 Å². The number of carbonyl (C=O) groups excluding carboxylic acids is 3. The third kappa shape index (κ3) is 4.34. The van der Waals surface area contributed by atoms with Gasteiger partial charge in [-0.25, -0.2) is 9.59 Å².